The van der Waals surface area contributed by atoms with Gasteiger partial charge in [0.15, 0.2) is 0 Å². The van der Waals surface area contributed by atoms with Crippen LogP contribution in [0.4, 0.5) is 0 Å². The first-order chi connectivity index (χ1) is 12.2. The van der Waals surface area contributed by atoms with Crippen LogP contribution in [0.1, 0.15) is 50.5 Å². The van der Waals surface area contributed by atoms with Crippen LogP contribution >= 0.6 is 0 Å². The molecule has 0 N–H and O–H groups in total. The van der Waals surface area contributed by atoms with E-state index in [2.05, 4.69) is 17.1 Å². The van der Waals surface area contributed by atoms with E-state index in [9.17, 15) is 4.79 Å². The maximum absolute atomic E-state index is 12.7. The van der Waals surface area contributed by atoms with Gasteiger partial charge in [0.25, 0.3) is 0 Å². The second kappa shape index (κ2) is 8.28. The molecule has 0 saturated heterocycles. The monoisotopic (exact) mass is 341 g/mol. The van der Waals surface area contributed by atoms with Crippen molar-refractivity contribution in [1.29, 1.82) is 0 Å². The number of hydrogen-bond donors (Lipinski definition) is 0. The maximum atomic E-state index is 12.7. The third kappa shape index (κ3) is 4.47. The average molecular weight is 341 g/mol. The molecule has 0 atom stereocenters. The summed E-state index contributed by atoms with van der Waals surface area (Å²) in [5.41, 5.74) is 2.13. The van der Waals surface area contributed by atoms with Crippen molar-refractivity contribution in [3.8, 4) is 11.4 Å². The summed E-state index contributed by atoms with van der Waals surface area (Å²) in [5, 5.41) is 4.08. The Labute approximate surface area is 149 Å². The Hall–Kier alpha value is -2.17. The fourth-order valence-corrected chi connectivity index (χ4v) is 3.52. The lowest BCUT2D eigenvalue weighted by atomic mass is 10.1. The van der Waals surface area contributed by atoms with Crippen LogP contribution in [0.25, 0.3) is 11.4 Å². The van der Waals surface area contributed by atoms with Crippen molar-refractivity contribution < 1.29 is 9.32 Å². The summed E-state index contributed by atoms with van der Waals surface area (Å²) in [6.45, 7) is 5.60. The molecule has 1 amide bonds. The number of aryl methyl sites for hydroxylation is 1. The van der Waals surface area contributed by atoms with E-state index in [1.807, 2.05) is 36.1 Å². The van der Waals surface area contributed by atoms with Gasteiger partial charge in [0.1, 0.15) is 0 Å². The van der Waals surface area contributed by atoms with Gasteiger partial charge in [-0.3, -0.25) is 4.79 Å². The first kappa shape index (κ1) is 17.6. The predicted octanol–water partition coefficient (Wildman–Crippen LogP) is 4.02. The third-order valence-electron chi connectivity index (χ3n) is 4.85. The topological polar surface area (TPSA) is 59.2 Å². The van der Waals surface area contributed by atoms with Gasteiger partial charge in [-0.2, -0.15) is 4.98 Å². The van der Waals surface area contributed by atoms with Crippen LogP contribution in [0.2, 0.25) is 0 Å². The second-order valence-corrected chi connectivity index (χ2v) is 6.94. The van der Waals surface area contributed by atoms with Gasteiger partial charge >= 0.3 is 0 Å². The quantitative estimate of drug-likeness (QED) is 0.763. The molecule has 1 aromatic heterocycles. The second-order valence-electron chi connectivity index (χ2n) is 6.94. The number of hydrogen-bond acceptors (Lipinski definition) is 4. The number of carbonyl (C=O) groups excluding carboxylic acids is 1. The van der Waals surface area contributed by atoms with Gasteiger partial charge in [-0.1, -0.05) is 48.7 Å². The highest BCUT2D eigenvalue weighted by Crippen LogP contribution is 2.26. The van der Waals surface area contributed by atoms with Crippen LogP contribution in [-0.2, 0) is 11.2 Å². The molecule has 5 nitrogen and oxygen atoms in total. The summed E-state index contributed by atoms with van der Waals surface area (Å²) >= 11 is 0. The van der Waals surface area contributed by atoms with E-state index in [4.69, 9.17) is 4.52 Å². The Morgan fingerprint density at radius 2 is 2.08 bits per heavy atom. The van der Waals surface area contributed by atoms with Crippen molar-refractivity contribution in [3.05, 3.63) is 35.7 Å². The molecule has 5 heteroatoms. The van der Waals surface area contributed by atoms with Crippen molar-refractivity contribution in [2.24, 2.45) is 5.92 Å². The summed E-state index contributed by atoms with van der Waals surface area (Å²) < 4.78 is 5.39. The number of amides is 1. The molecular weight excluding hydrogens is 314 g/mol. The minimum atomic E-state index is 0.220. The van der Waals surface area contributed by atoms with Crippen LogP contribution in [0.15, 0.2) is 28.8 Å². The zero-order valence-corrected chi connectivity index (χ0v) is 15.2. The van der Waals surface area contributed by atoms with E-state index in [1.54, 1.807) is 0 Å². The standard InChI is InChI=1S/C20H27N3O2/c1-3-12-23(20(24)16-8-4-5-9-16)13-11-18-21-19(22-25-18)17-10-6-7-15(2)14-17/h6-7,10,14,16H,3-5,8-9,11-13H2,1-2H3. The molecule has 134 valence electrons. The molecular formula is C20H27N3O2. The number of nitrogens with zero attached hydrogens (tertiary/aromatic N) is 3. The van der Waals surface area contributed by atoms with E-state index >= 15 is 0 Å². The highest BCUT2D eigenvalue weighted by molar-refractivity contribution is 5.79. The summed E-state index contributed by atoms with van der Waals surface area (Å²) in [6.07, 6.45) is 6.02. The molecule has 1 fully saturated rings. The molecule has 1 aliphatic carbocycles. The van der Waals surface area contributed by atoms with E-state index in [0.29, 0.717) is 30.6 Å². The van der Waals surface area contributed by atoms with Crippen molar-refractivity contribution >= 4 is 5.91 Å². The predicted molar refractivity (Wildman–Crippen MR) is 97.0 cm³/mol. The van der Waals surface area contributed by atoms with Crippen molar-refractivity contribution in [3.63, 3.8) is 0 Å². The van der Waals surface area contributed by atoms with Crippen LogP contribution < -0.4 is 0 Å². The molecule has 1 saturated carbocycles. The average Bonchev–Trinajstić information content (AvgIpc) is 3.29. The third-order valence-corrected chi connectivity index (χ3v) is 4.85. The van der Waals surface area contributed by atoms with Crippen LogP contribution in [0.3, 0.4) is 0 Å². The van der Waals surface area contributed by atoms with Gasteiger partial charge in [0, 0.05) is 31.0 Å². The Bertz CT molecular complexity index is 704. The molecule has 0 unspecified atom stereocenters. The number of benzene rings is 1. The zero-order chi connectivity index (χ0) is 17.6. The van der Waals surface area contributed by atoms with Crippen molar-refractivity contribution in [2.45, 2.75) is 52.4 Å². The molecule has 1 aromatic carbocycles. The number of aromatic nitrogens is 2. The van der Waals surface area contributed by atoms with E-state index in [1.165, 1.54) is 18.4 Å². The Kier molecular flexibility index (Phi) is 5.84. The Morgan fingerprint density at radius 1 is 1.28 bits per heavy atom. The fourth-order valence-electron chi connectivity index (χ4n) is 3.52. The lowest BCUT2D eigenvalue weighted by Gasteiger charge is -2.24. The first-order valence-electron chi connectivity index (χ1n) is 9.35. The van der Waals surface area contributed by atoms with Crippen molar-refractivity contribution in [2.75, 3.05) is 13.1 Å². The highest BCUT2D eigenvalue weighted by atomic mass is 16.5. The van der Waals surface area contributed by atoms with Crippen LogP contribution in [-0.4, -0.2) is 34.0 Å². The Balaban J connectivity index is 1.62. The first-order valence-corrected chi connectivity index (χ1v) is 9.35. The fraction of sp³-hybridized carbons (Fsp3) is 0.550. The number of carbonyl (C=O) groups is 1. The van der Waals surface area contributed by atoms with Gasteiger partial charge in [0.05, 0.1) is 0 Å². The number of rotatable bonds is 7. The normalized spacial score (nSPS) is 14.8. The van der Waals surface area contributed by atoms with Crippen LogP contribution in [0.5, 0.6) is 0 Å². The molecule has 3 rings (SSSR count). The molecule has 0 radical (unpaired) electrons. The van der Waals surface area contributed by atoms with Gasteiger partial charge in [-0.15, -0.1) is 0 Å². The molecule has 1 aliphatic rings. The van der Waals surface area contributed by atoms with E-state index in [-0.39, 0.29) is 5.92 Å². The van der Waals surface area contributed by atoms with E-state index < -0.39 is 0 Å². The SMILES string of the molecule is CCCN(CCc1nc(-c2cccc(C)c2)no1)C(=O)C1CCCC1. The van der Waals surface area contributed by atoms with Gasteiger partial charge in [0.2, 0.25) is 17.6 Å². The molecule has 0 aliphatic heterocycles. The molecule has 0 bridgehead atoms. The molecule has 2 aromatic rings. The van der Waals surface area contributed by atoms with Gasteiger partial charge < -0.3 is 9.42 Å². The van der Waals surface area contributed by atoms with Gasteiger partial charge in [-0.25, -0.2) is 0 Å². The zero-order valence-electron chi connectivity index (χ0n) is 15.2. The minimum absolute atomic E-state index is 0.220. The summed E-state index contributed by atoms with van der Waals surface area (Å²) in [4.78, 5) is 19.2. The smallest absolute Gasteiger partial charge is 0.228 e. The summed E-state index contributed by atoms with van der Waals surface area (Å²) in [5.74, 6) is 1.73. The maximum Gasteiger partial charge on any atom is 0.228 e. The highest BCUT2D eigenvalue weighted by Gasteiger charge is 2.27. The summed E-state index contributed by atoms with van der Waals surface area (Å²) in [7, 11) is 0. The van der Waals surface area contributed by atoms with E-state index in [0.717, 1.165) is 31.4 Å². The summed E-state index contributed by atoms with van der Waals surface area (Å²) in [6, 6.07) is 8.06. The molecule has 25 heavy (non-hydrogen) atoms. The van der Waals surface area contributed by atoms with Crippen molar-refractivity contribution in [1.82, 2.24) is 15.0 Å². The lowest BCUT2D eigenvalue weighted by molar-refractivity contribution is -0.135. The molecule has 0 spiro atoms. The molecule has 1 heterocycles. The largest absolute Gasteiger partial charge is 0.342 e. The minimum Gasteiger partial charge on any atom is -0.342 e. The van der Waals surface area contributed by atoms with Crippen LogP contribution in [0, 0.1) is 12.8 Å². The Morgan fingerprint density at radius 3 is 2.80 bits per heavy atom. The van der Waals surface area contributed by atoms with Gasteiger partial charge in [-0.05, 0) is 32.3 Å². The lowest BCUT2D eigenvalue weighted by Crippen LogP contribution is -2.37.